The maximum absolute atomic E-state index is 2.56. The zero-order valence-corrected chi connectivity index (χ0v) is 7.56. The van der Waals surface area contributed by atoms with Crippen LogP contribution in [0.25, 0.3) is 0 Å². The molecule has 2 heterocycles. The van der Waals surface area contributed by atoms with Gasteiger partial charge in [-0.3, -0.25) is 0 Å². The average Bonchev–Trinajstić information content (AvgIpc) is 2.21. The molecule has 0 spiro atoms. The van der Waals surface area contributed by atoms with E-state index in [1.807, 2.05) is 0 Å². The molecule has 2 aliphatic rings. The van der Waals surface area contributed by atoms with E-state index in [0.29, 0.717) is 5.41 Å². The molecular weight excluding hydrogens is 134 g/mol. The van der Waals surface area contributed by atoms with Gasteiger partial charge in [-0.25, -0.2) is 0 Å². The third kappa shape index (κ3) is 1.29. The summed E-state index contributed by atoms with van der Waals surface area (Å²) < 4.78 is 0. The van der Waals surface area contributed by atoms with Crippen molar-refractivity contribution in [2.24, 2.45) is 5.41 Å². The first kappa shape index (κ1) is 7.20. The lowest BCUT2D eigenvalue weighted by Gasteiger charge is -2.24. The van der Waals surface area contributed by atoms with E-state index in [2.05, 4.69) is 24.8 Å². The third-order valence-electron chi connectivity index (χ3n) is 2.70. The van der Waals surface area contributed by atoms with Crippen molar-refractivity contribution in [3.05, 3.63) is 11.8 Å². The van der Waals surface area contributed by atoms with Crippen LogP contribution < -0.4 is 0 Å². The molecule has 0 saturated carbocycles. The summed E-state index contributed by atoms with van der Waals surface area (Å²) in [6, 6.07) is 0. The van der Waals surface area contributed by atoms with Crippen molar-refractivity contribution >= 4 is 0 Å². The largest absolute Gasteiger partial charge is 0.375 e. The zero-order valence-electron chi connectivity index (χ0n) is 7.56. The molecule has 0 unspecified atom stereocenters. The molecular formula is C10H17N. The highest BCUT2D eigenvalue weighted by Gasteiger charge is 2.33. The number of hydrogen-bond donors (Lipinski definition) is 0. The summed E-state index contributed by atoms with van der Waals surface area (Å²) in [5, 5.41) is 0. The summed E-state index contributed by atoms with van der Waals surface area (Å²) in [6.07, 6.45) is 6.40. The highest BCUT2D eigenvalue weighted by molar-refractivity contribution is 5.13. The lowest BCUT2D eigenvalue weighted by atomic mass is 9.92. The Morgan fingerprint density at radius 2 is 2.27 bits per heavy atom. The molecule has 1 saturated heterocycles. The molecule has 62 valence electrons. The molecule has 0 amide bonds. The maximum atomic E-state index is 2.56. The summed E-state index contributed by atoms with van der Waals surface area (Å²) in [5.74, 6) is 0. The lowest BCUT2D eigenvalue weighted by molar-refractivity contribution is 0.300. The van der Waals surface area contributed by atoms with Gasteiger partial charge in [0.15, 0.2) is 0 Å². The number of allylic oxidation sites excluding steroid dienone is 2. The van der Waals surface area contributed by atoms with Gasteiger partial charge >= 0.3 is 0 Å². The average molecular weight is 151 g/mol. The predicted octanol–water partition coefficient (Wildman–Crippen LogP) is 2.40. The molecule has 0 aromatic carbocycles. The Labute approximate surface area is 69.1 Å². The second-order valence-corrected chi connectivity index (χ2v) is 4.60. The van der Waals surface area contributed by atoms with E-state index in [4.69, 9.17) is 0 Å². The number of fused-ring (bicyclic) bond motifs is 1. The normalized spacial score (nSPS) is 28.2. The van der Waals surface area contributed by atoms with Crippen LogP contribution in [0.4, 0.5) is 0 Å². The van der Waals surface area contributed by atoms with E-state index >= 15 is 0 Å². The molecule has 1 nitrogen and oxygen atoms in total. The van der Waals surface area contributed by atoms with Gasteiger partial charge in [-0.15, -0.1) is 0 Å². The van der Waals surface area contributed by atoms with E-state index < -0.39 is 0 Å². The van der Waals surface area contributed by atoms with Crippen LogP contribution in [-0.2, 0) is 0 Å². The summed E-state index contributed by atoms with van der Waals surface area (Å²) >= 11 is 0. The van der Waals surface area contributed by atoms with Crippen molar-refractivity contribution in [3.8, 4) is 0 Å². The van der Waals surface area contributed by atoms with Gasteiger partial charge in [-0.2, -0.15) is 0 Å². The van der Waals surface area contributed by atoms with Crippen LogP contribution in [0.3, 0.4) is 0 Å². The van der Waals surface area contributed by atoms with Crippen LogP contribution in [0, 0.1) is 5.41 Å². The smallest absolute Gasteiger partial charge is 0.0229 e. The third-order valence-corrected chi connectivity index (χ3v) is 2.70. The van der Waals surface area contributed by atoms with E-state index in [1.54, 1.807) is 5.70 Å². The second kappa shape index (κ2) is 2.26. The minimum atomic E-state index is 0.538. The summed E-state index contributed by atoms with van der Waals surface area (Å²) in [7, 11) is 0. The van der Waals surface area contributed by atoms with Gasteiger partial charge in [0.05, 0.1) is 0 Å². The summed E-state index contributed by atoms with van der Waals surface area (Å²) in [5.41, 5.74) is 2.15. The highest BCUT2D eigenvalue weighted by Crippen LogP contribution is 2.38. The Morgan fingerprint density at radius 1 is 1.45 bits per heavy atom. The van der Waals surface area contributed by atoms with Gasteiger partial charge in [0.2, 0.25) is 0 Å². The molecule has 0 aliphatic carbocycles. The molecule has 2 aliphatic heterocycles. The molecule has 0 bridgehead atoms. The van der Waals surface area contributed by atoms with Gasteiger partial charge in [-0.05, 0) is 24.7 Å². The molecule has 0 aromatic heterocycles. The zero-order chi connectivity index (χ0) is 7.90. The van der Waals surface area contributed by atoms with Gasteiger partial charge in [0, 0.05) is 18.8 Å². The van der Waals surface area contributed by atoms with Crippen molar-refractivity contribution in [1.82, 2.24) is 4.90 Å². The Hall–Kier alpha value is -0.460. The van der Waals surface area contributed by atoms with Crippen LogP contribution in [0.15, 0.2) is 11.8 Å². The van der Waals surface area contributed by atoms with Crippen LogP contribution in [-0.4, -0.2) is 18.0 Å². The van der Waals surface area contributed by atoms with Gasteiger partial charge in [-0.1, -0.05) is 19.9 Å². The minimum Gasteiger partial charge on any atom is -0.375 e. The van der Waals surface area contributed by atoms with Crippen molar-refractivity contribution in [1.29, 1.82) is 0 Å². The van der Waals surface area contributed by atoms with Crippen LogP contribution in [0.2, 0.25) is 0 Å². The number of nitrogens with zero attached hydrogens (tertiary/aromatic N) is 1. The van der Waals surface area contributed by atoms with Crippen LogP contribution in [0.5, 0.6) is 0 Å². The molecule has 0 N–H and O–H groups in total. The summed E-state index contributed by atoms with van der Waals surface area (Å²) in [6.45, 7) is 7.31. The monoisotopic (exact) mass is 151 g/mol. The van der Waals surface area contributed by atoms with Crippen molar-refractivity contribution in [3.63, 3.8) is 0 Å². The van der Waals surface area contributed by atoms with Gasteiger partial charge in [0.1, 0.15) is 0 Å². The Balaban J connectivity index is 2.17. The predicted molar refractivity (Wildman–Crippen MR) is 47.3 cm³/mol. The van der Waals surface area contributed by atoms with Gasteiger partial charge in [0.25, 0.3) is 0 Å². The summed E-state index contributed by atoms with van der Waals surface area (Å²) in [4.78, 5) is 2.56. The molecule has 0 atom stereocenters. The minimum absolute atomic E-state index is 0.538. The quantitative estimate of drug-likeness (QED) is 0.514. The molecule has 1 heteroatoms. The first-order chi connectivity index (χ1) is 5.17. The topological polar surface area (TPSA) is 3.24 Å². The standard InChI is InChI=1S/C10H17N/c1-10(2)7-9-5-3-4-6-11(9)8-10/h5H,3-4,6-8H2,1-2H3. The fourth-order valence-electron chi connectivity index (χ4n) is 2.25. The van der Waals surface area contributed by atoms with Crippen molar-refractivity contribution < 1.29 is 0 Å². The Bertz CT molecular complexity index is 191. The number of rotatable bonds is 0. The van der Waals surface area contributed by atoms with Crippen molar-refractivity contribution in [2.45, 2.75) is 33.1 Å². The van der Waals surface area contributed by atoms with E-state index in [-0.39, 0.29) is 0 Å². The first-order valence-corrected chi connectivity index (χ1v) is 4.61. The first-order valence-electron chi connectivity index (χ1n) is 4.61. The van der Waals surface area contributed by atoms with E-state index in [9.17, 15) is 0 Å². The SMILES string of the molecule is CC1(C)CC2=CCCCN2C1. The van der Waals surface area contributed by atoms with Crippen LogP contribution >= 0.6 is 0 Å². The second-order valence-electron chi connectivity index (χ2n) is 4.60. The molecule has 11 heavy (non-hydrogen) atoms. The molecule has 0 aromatic rings. The molecule has 2 rings (SSSR count). The maximum Gasteiger partial charge on any atom is 0.0229 e. The van der Waals surface area contributed by atoms with E-state index in [0.717, 1.165) is 0 Å². The fraction of sp³-hybridized carbons (Fsp3) is 0.800. The van der Waals surface area contributed by atoms with Gasteiger partial charge < -0.3 is 4.90 Å². The molecule has 0 radical (unpaired) electrons. The molecule has 1 fully saturated rings. The van der Waals surface area contributed by atoms with E-state index in [1.165, 1.54) is 32.4 Å². The van der Waals surface area contributed by atoms with Crippen LogP contribution in [0.1, 0.15) is 33.1 Å². The highest BCUT2D eigenvalue weighted by atomic mass is 15.2. The Morgan fingerprint density at radius 3 is 3.00 bits per heavy atom. The fourth-order valence-corrected chi connectivity index (χ4v) is 2.25. The number of hydrogen-bond acceptors (Lipinski definition) is 1. The Kier molecular flexibility index (Phi) is 1.48. The lowest BCUT2D eigenvalue weighted by Crippen LogP contribution is -2.25. The van der Waals surface area contributed by atoms with Crippen molar-refractivity contribution in [2.75, 3.05) is 13.1 Å².